The minimum absolute atomic E-state index is 0. The minimum Gasteiger partial charge on any atom is -0.370 e. The van der Waals surface area contributed by atoms with Crippen molar-refractivity contribution in [1.29, 1.82) is 0 Å². The molecule has 3 nitrogen and oxygen atoms in total. The number of hydrogen-bond acceptors (Lipinski definition) is 4. The molecule has 0 amide bonds. The van der Waals surface area contributed by atoms with Crippen LogP contribution in [0.3, 0.4) is 0 Å². The standard InChI is InChI=1S/C22H28ClN3S.ClH/c23-21-8-5-17-9-11-24-12-10-20(17)22(21)27-16-18-6-7-19(15-25-18)26-13-3-1-2-4-14-26;/h5-8,15,24H,1-4,9-14,16H2;1H. The monoisotopic (exact) mass is 437 g/mol. The van der Waals surface area contributed by atoms with Crippen LogP contribution in [-0.2, 0) is 18.6 Å². The first-order chi connectivity index (χ1) is 13.3. The Balaban J connectivity index is 0.00000225. The average Bonchev–Trinajstić information content (AvgIpc) is 3.11. The largest absolute Gasteiger partial charge is 0.370 e. The van der Waals surface area contributed by atoms with Crippen molar-refractivity contribution in [2.75, 3.05) is 31.1 Å². The highest BCUT2D eigenvalue weighted by Crippen LogP contribution is 2.36. The third kappa shape index (κ3) is 5.35. The zero-order chi connectivity index (χ0) is 18.5. The second kappa shape index (κ2) is 10.7. The molecule has 0 radical (unpaired) electrons. The van der Waals surface area contributed by atoms with Gasteiger partial charge in [0, 0.05) is 23.7 Å². The lowest BCUT2D eigenvalue weighted by molar-refractivity contribution is 0.709. The van der Waals surface area contributed by atoms with Crippen molar-refractivity contribution in [1.82, 2.24) is 10.3 Å². The molecule has 1 aromatic carbocycles. The molecule has 6 heteroatoms. The summed E-state index contributed by atoms with van der Waals surface area (Å²) < 4.78 is 0. The number of benzene rings is 1. The normalized spacial score (nSPS) is 17.2. The molecule has 0 bridgehead atoms. The van der Waals surface area contributed by atoms with Crippen LogP contribution >= 0.6 is 35.8 Å². The van der Waals surface area contributed by atoms with E-state index in [1.165, 1.54) is 47.4 Å². The van der Waals surface area contributed by atoms with Gasteiger partial charge in [0.2, 0.25) is 0 Å². The van der Waals surface area contributed by atoms with E-state index in [1.54, 1.807) is 0 Å². The molecule has 1 fully saturated rings. The Bertz CT molecular complexity index is 759. The van der Waals surface area contributed by atoms with Gasteiger partial charge in [0.25, 0.3) is 0 Å². The molecule has 0 atom stereocenters. The second-order valence-electron chi connectivity index (χ2n) is 7.46. The van der Waals surface area contributed by atoms with E-state index in [9.17, 15) is 0 Å². The van der Waals surface area contributed by atoms with E-state index < -0.39 is 0 Å². The highest BCUT2D eigenvalue weighted by atomic mass is 35.5. The van der Waals surface area contributed by atoms with Crippen molar-refractivity contribution in [3.8, 4) is 0 Å². The third-order valence-corrected chi connectivity index (χ3v) is 7.20. The number of nitrogens with one attached hydrogen (secondary N) is 1. The molecule has 0 aliphatic carbocycles. The molecule has 1 saturated heterocycles. The molecule has 28 heavy (non-hydrogen) atoms. The molecule has 2 aliphatic rings. The fourth-order valence-corrected chi connectivity index (χ4v) is 5.45. The first-order valence-corrected chi connectivity index (χ1v) is 11.5. The Morgan fingerprint density at radius 3 is 2.54 bits per heavy atom. The molecule has 0 unspecified atom stereocenters. The van der Waals surface area contributed by atoms with E-state index in [4.69, 9.17) is 16.6 Å². The summed E-state index contributed by atoms with van der Waals surface area (Å²) in [5.74, 6) is 0.865. The highest BCUT2D eigenvalue weighted by Gasteiger charge is 2.16. The van der Waals surface area contributed by atoms with Crippen molar-refractivity contribution in [3.63, 3.8) is 0 Å². The first kappa shape index (κ1) is 21.8. The van der Waals surface area contributed by atoms with Gasteiger partial charge in [0.05, 0.1) is 22.6 Å². The average molecular weight is 438 g/mol. The quantitative estimate of drug-likeness (QED) is 0.637. The molecule has 152 valence electrons. The lowest BCUT2D eigenvalue weighted by Gasteiger charge is -2.22. The SMILES string of the molecule is Cl.Clc1ccc2c(c1SCc1ccc(N3CCCCCC3)cn1)CCNCC2. The van der Waals surface area contributed by atoms with Gasteiger partial charge in [-0.05, 0) is 68.1 Å². The summed E-state index contributed by atoms with van der Waals surface area (Å²) in [4.78, 5) is 8.47. The maximum atomic E-state index is 6.55. The Morgan fingerprint density at radius 2 is 1.79 bits per heavy atom. The number of fused-ring (bicyclic) bond motifs is 1. The molecule has 0 spiro atoms. The van der Waals surface area contributed by atoms with Gasteiger partial charge in [-0.2, -0.15) is 0 Å². The summed E-state index contributed by atoms with van der Waals surface area (Å²) in [5.41, 5.74) is 5.26. The van der Waals surface area contributed by atoms with Gasteiger partial charge in [-0.25, -0.2) is 0 Å². The lowest BCUT2D eigenvalue weighted by atomic mass is 10.0. The van der Waals surface area contributed by atoms with Crippen LogP contribution in [0.1, 0.15) is 42.5 Å². The predicted octanol–water partition coefficient (Wildman–Crippen LogP) is 5.52. The van der Waals surface area contributed by atoms with Crippen LogP contribution in [0.4, 0.5) is 5.69 Å². The predicted molar refractivity (Wildman–Crippen MR) is 123 cm³/mol. The lowest BCUT2D eigenvalue weighted by Crippen LogP contribution is -2.23. The minimum atomic E-state index is 0. The maximum Gasteiger partial charge on any atom is 0.0552 e. The maximum absolute atomic E-state index is 6.55. The van der Waals surface area contributed by atoms with E-state index in [0.29, 0.717) is 0 Å². The van der Waals surface area contributed by atoms with Crippen LogP contribution in [0, 0.1) is 0 Å². The molecule has 1 N–H and O–H groups in total. The van der Waals surface area contributed by atoms with E-state index in [0.717, 1.165) is 55.5 Å². The Hall–Kier alpha value is -0.940. The van der Waals surface area contributed by atoms with Crippen molar-refractivity contribution in [2.24, 2.45) is 0 Å². The molecule has 2 aliphatic heterocycles. The Kier molecular flexibility index (Phi) is 8.34. The molecule has 3 heterocycles. The molecule has 1 aromatic heterocycles. The third-order valence-electron chi connectivity index (χ3n) is 5.58. The number of halogens is 2. The van der Waals surface area contributed by atoms with Gasteiger partial charge in [-0.1, -0.05) is 30.5 Å². The van der Waals surface area contributed by atoms with Gasteiger partial charge in [0.15, 0.2) is 0 Å². The molecular weight excluding hydrogens is 409 g/mol. The van der Waals surface area contributed by atoms with Crippen LogP contribution in [-0.4, -0.2) is 31.2 Å². The number of thioether (sulfide) groups is 1. The number of anilines is 1. The Morgan fingerprint density at radius 1 is 1.00 bits per heavy atom. The number of pyridine rings is 1. The van der Waals surface area contributed by atoms with Crippen LogP contribution in [0.15, 0.2) is 35.4 Å². The van der Waals surface area contributed by atoms with E-state index in [2.05, 4.69) is 40.7 Å². The van der Waals surface area contributed by atoms with Gasteiger partial charge < -0.3 is 10.2 Å². The fraction of sp³-hybridized carbons (Fsp3) is 0.500. The van der Waals surface area contributed by atoms with Crippen LogP contribution < -0.4 is 10.2 Å². The van der Waals surface area contributed by atoms with E-state index in [1.807, 2.05) is 11.8 Å². The van der Waals surface area contributed by atoms with Gasteiger partial charge in [-0.15, -0.1) is 24.2 Å². The van der Waals surface area contributed by atoms with Gasteiger partial charge in [0.1, 0.15) is 0 Å². The highest BCUT2D eigenvalue weighted by molar-refractivity contribution is 7.98. The summed E-state index contributed by atoms with van der Waals surface area (Å²) in [6, 6.07) is 8.68. The van der Waals surface area contributed by atoms with Crippen molar-refractivity contribution < 1.29 is 0 Å². The number of nitrogens with zero attached hydrogens (tertiary/aromatic N) is 2. The fourth-order valence-electron chi connectivity index (χ4n) is 4.03. The molecule has 0 saturated carbocycles. The smallest absolute Gasteiger partial charge is 0.0552 e. The number of hydrogen-bond donors (Lipinski definition) is 1. The Labute approximate surface area is 184 Å². The van der Waals surface area contributed by atoms with Crippen molar-refractivity contribution in [2.45, 2.75) is 49.2 Å². The van der Waals surface area contributed by atoms with E-state index in [-0.39, 0.29) is 12.4 Å². The number of aromatic nitrogens is 1. The summed E-state index contributed by atoms with van der Waals surface area (Å²) in [6.45, 7) is 4.41. The second-order valence-corrected chi connectivity index (χ2v) is 8.85. The summed E-state index contributed by atoms with van der Waals surface area (Å²) in [7, 11) is 0. The van der Waals surface area contributed by atoms with Gasteiger partial charge in [-0.3, -0.25) is 4.98 Å². The topological polar surface area (TPSA) is 28.2 Å². The summed E-state index contributed by atoms with van der Waals surface area (Å²) >= 11 is 8.39. The van der Waals surface area contributed by atoms with Crippen LogP contribution in [0.5, 0.6) is 0 Å². The first-order valence-electron chi connectivity index (χ1n) is 10.1. The zero-order valence-electron chi connectivity index (χ0n) is 16.3. The molecule has 2 aromatic rings. The zero-order valence-corrected chi connectivity index (χ0v) is 18.6. The van der Waals surface area contributed by atoms with Gasteiger partial charge >= 0.3 is 0 Å². The van der Waals surface area contributed by atoms with E-state index >= 15 is 0 Å². The van der Waals surface area contributed by atoms with Crippen LogP contribution in [0.2, 0.25) is 5.02 Å². The molecule has 4 rings (SSSR count). The number of rotatable bonds is 4. The van der Waals surface area contributed by atoms with Crippen molar-refractivity contribution in [3.05, 3.63) is 52.3 Å². The van der Waals surface area contributed by atoms with Crippen molar-refractivity contribution >= 4 is 41.5 Å². The summed E-state index contributed by atoms with van der Waals surface area (Å²) in [6.07, 6.45) is 9.50. The summed E-state index contributed by atoms with van der Waals surface area (Å²) in [5, 5.41) is 4.36. The van der Waals surface area contributed by atoms with Crippen LogP contribution in [0.25, 0.3) is 0 Å². The molecular formula is C22H29Cl2N3S.